The lowest BCUT2D eigenvalue weighted by atomic mass is 10.0. The molecular weight excluding hydrogens is 431 g/mol. The van der Waals surface area contributed by atoms with Gasteiger partial charge in [0.1, 0.15) is 11.5 Å². The highest BCUT2D eigenvalue weighted by molar-refractivity contribution is 7.90. The number of aryl methyl sites for hydroxylation is 1. The summed E-state index contributed by atoms with van der Waals surface area (Å²) in [5, 5.41) is 0.612. The predicted molar refractivity (Wildman–Crippen MR) is 114 cm³/mol. The van der Waals surface area contributed by atoms with E-state index in [2.05, 4.69) is 19.4 Å². The largest absolute Gasteiger partial charge is 0.455 e. The van der Waals surface area contributed by atoms with Gasteiger partial charge < -0.3 is 4.74 Å². The molecule has 3 aromatic rings. The minimum absolute atomic E-state index is 0.179. The molecule has 0 radical (unpaired) electrons. The minimum atomic E-state index is -3.89. The summed E-state index contributed by atoms with van der Waals surface area (Å²) >= 11 is 5.99. The molecule has 3 rings (SSSR count). The summed E-state index contributed by atoms with van der Waals surface area (Å²) < 4.78 is 48.2. The molecule has 0 saturated heterocycles. The normalized spacial score (nSPS) is 11.4. The summed E-state index contributed by atoms with van der Waals surface area (Å²) in [7, 11) is -2.67. The maximum atomic E-state index is 14.8. The third-order valence-corrected chi connectivity index (χ3v) is 5.71. The first kappa shape index (κ1) is 21.9. The summed E-state index contributed by atoms with van der Waals surface area (Å²) in [6.45, 7) is 3.73. The molecule has 0 fully saturated rings. The number of hydrogen-bond acceptors (Lipinski definition) is 5. The molecule has 0 atom stereocenters. The molecule has 2 heterocycles. The molecule has 10 heteroatoms. The lowest BCUT2D eigenvalue weighted by Crippen LogP contribution is -2.27. The van der Waals surface area contributed by atoms with Gasteiger partial charge in [-0.3, -0.25) is 9.71 Å². The Morgan fingerprint density at radius 1 is 1.13 bits per heavy atom. The highest BCUT2D eigenvalue weighted by Crippen LogP contribution is 2.31. The third-order valence-electron chi connectivity index (χ3n) is 4.48. The van der Waals surface area contributed by atoms with Crippen molar-refractivity contribution in [3.63, 3.8) is 0 Å². The van der Waals surface area contributed by atoms with Gasteiger partial charge in [0, 0.05) is 30.9 Å². The topological polar surface area (TPSA) is 93.2 Å². The second-order valence-corrected chi connectivity index (χ2v) is 8.61. The summed E-state index contributed by atoms with van der Waals surface area (Å²) in [4.78, 5) is 7.97. The molecule has 30 heavy (non-hydrogen) atoms. The van der Waals surface area contributed by atoms with Gasteiger partial charge in [-0.25, -0.2) is 14.1 Å². The second kappa shape index (κ2) is 8.95. The summed E-state index contributed by atoms with van der Waals surface area (Å²) in [5.41, 5.74) is 2.65. The van der Waals surface area contributed by atoms with E-state index in [0.717, 1.165) is 16.7 Å². The van der Waals surface area contributed by atoms with Crippen LogP contribution in [0.2, 0.25) is 5.02 Å². The fourth-order valence-electron chi connectivity index (χ4n) is 2.75. The van der Waals surface area contributed by atoms with Crippen LogP contribution in [-0.2, 0) is 16.6 Å². The zero-order valence-corrected chi connectivity index (χ0v) is 18.1. The molecule has 0 aliphatic heterocycles. The monoisotopic (exact) mass is 450 g/mol. The van der Waals surface area contributed by atoms with Crippen molar-refractivity contribution in [2.75, 3.05) is 11.8 Å². The fourth-order valence-corrected chi connectivity index (χ4v) is 3.47. The van der Waals surface area contributed by atoms with Crippen molar-refractivity contribution in [2.45, 2.75) is 20.3 Å². The number of nitrogens with one attached hydrogen (secondary N) is 2. The third kappa shape index (κ3) is 5.05. The molecule has 0 bridgehead atoms. The van der Waals surface area contributed by atoms with Gasteiger partial charge in [0.15, 0.2) is 11.6 Å². The van der Waals surface area contributed by atoms with E-state index in [1.807, 2.05) is 13.8 Å². The van der Waals surface area contributed by atoms with Gasteiger partial charge in [-0.15, -0.1) is 0 Å². The summed E-state index contributed by atoms with van der Waals surface area (Å²) in [6.07, 6.45) is 4.72. The van der Waals surface area contributed by atoms with Gasteiger partial charge >= 0.3 is 0 Å². The van der Waals surface area contributed by atoms with E-state index in [1.54, 1.807) is 30.6 Å². The maximum Gasteiger partial charge on any atom is 0.300 e. The van der Waals surface area contributed by atoms with Crippen LogP contribution in [0.3, 0.4) is 0 Å². The van der Waals surface area contributed by atoms with E-state index < -0.39 is 16.0 Å². The zero-order valence-electron chi connectivity index (χ0n) is 16.5. The molecule has 0 spiro atoms. The average Bonchev–Trinajstić information content (AvgIpc) is 2.69. The van der Waals surface area contributed by atoms with E-state index in [-0.39, 0.29) is 17.8 Å². The van der Waals surface area contributed by atoms with Gasteiger partial charge in [0.25, 0.3) is 10.2 Å². The number of rotatable bonds is 7. The molecule has 0 saturated carbocycles. The van der Waals surface area contributed by atoms with E-state index in [0.29, 0.717) is 16.5 Å². The van der Waals surface area contributed by atoms with Crippen LogP contribution in [0, 0.1) is 19.7 Å². The quantitative estimate of drug-likeness (QED) is 0.564. The average molecular weight is 451 g/mol. The number of halogens is 2. The van der Waals surface area contributed by atoms with Gasteiger partial charge in [0.2, 0.25) is 0 Å². The van der Waals surface area contributed by atoms with Crippen LogP contribution in [0.1, 0.15) is 22.3 Å². The van der Waals surface area contributed by atoms with Crippen molar-refractivity contribution in [2.24, 2.45) is 0 Å². The number of pyridine rings is 2. The predicted octanol–water partition coefficient (Wildman–Crippen LogP) is 4.15. The van der Waals surface area contributed by atoms with E-state index in [4.69, 9.17) is 16.3 Å². The fraction of sp³-hybridized carbons (Fsp3) is 0.200. The van der Waals surface area contributed by atoms with Gasteiger partial charge in [-0.2, -0.15) is 8.42 Å². The first-order chi connectivity index (χ1) is 14.2. The number of aromatic nitrogens is 2. The van der Waals surface area contributed by atoms with Crippen LogP contribution in [0.5, 0.6) is 11.5 Å². The van der Waals surface area contributed by atoms with Crippen molar-refractivity contribution in [3.05, 3.63) is 75.9 Å². The first-order valence-corrected chi connectivity index (χ1v) is 10.8. The minimum Gasteiger partial charge on any atom is -0.455 e. The molecule has 0 aliphatic carbocycles. The molecule has 158 valence electrons. The SMILES string of the molecule is CNS(=O)(=O)Nc1nccc(Cc2cncc(Oc3ccc(Cl)cc3C)c2C)c1F. The number of nitrogens with zero attached hydrogens (tertiary/aromatic N) is 2. The van der Waals surface area contributed by atoms with Crippen molar-refractivity contribution in [1.29, 1.82) is 0 Å². The Morgan fingerprint density at radius 2 is 1.90 bits per heavy atom. The van der Waals surface area contributed by atoms with E-state index >= 15 is 0 Å². The molecular formula is C20H20ClFN4O3S. The van der Waals surface area contributed by atoms with Gasteiger partial charge in [0.05, 0.1) is 6.20 Å². The summed E-state index contributed by atoms with van der Waals surface area (Å²) in [6, 6.07) is 6.79. The molecule has 0 amide bonds. The van der Waals surface area contributed by atoms with Crippen molar-refractivity contribution in [1.82, 2.24) is 14.7 Å². The van der Waals surface area contributed by atoms with Gasteiger partial charge in [-0.05, 0) is 60.4 Å². The van der Waals surface area contributed by atoms with Crippen LogP contribution >= 0.6 is 11.6 Å². The number of benzene rings is 1. The first-order valence-electron chi connectivity index (χ1n) is 8.92. The Bertz CT molecular complexity index is 1190. The smallest absolute Gasteiger partial charge is 0.300 e. The Kier molecular flexibility index (Phi) is 6.55. The van der Waals surface area contributed by atoms with Gasteiger partial charge in [-0.1, -0.05) is 11.6 Å². The van der Waals surface area contributed by atoms with E-state index in [1.165, 1.54) is 19.3 Å². The highest BCUT2D eigenvalue weighted by Gasteiger charge is 2.17. The standard InChI is InChI=1S/C20H20ClFN4O3S/c1-12-8-16(21)4-5-17(12)29-18-11-24-10-15(13(18)2)9-14-6-7-25-20(19(14)22)26-30(27,28)23-3/h4-8,10-11,23H,9H2,1-3H3,(H,25,26). The lowest BCUT2D eigenvalue weighted by molar-refractivity contribution is 0.472. The molecule has 2 aromatic heterocycles. The van der Waals surface area contributed by atoms with Crippen LogP contribution < -0.4 is 14.2 Å². The Hall–Kier alpha value is -2.75. The number of hydrogen-bond donors (Lipinski definition) is 2. The lowest BCUT2D eigenvalue weighted by Gasteiger charge is -2.14. The van der Waals surface area contributed by atoms with E-state index in [9.17, 15) is 12.8 Å². The van der Waals surface area contributed by atoms with Crippen LogP contribution in [-0.4, -0.2) is 25.4 Å². The van der Waals surface area contributed by atoms with Crippen molar-refractivity contribution >= 4 is 27.6 Å². The van der Waals surface area contributed by atoms with Crippen LogP contribution in [0.4, 0.5) is 10.2 Å². The Morgan fingerprint density at radius 3 is 2.60 bits per heavy atom. The molecule has 0 unspecified atom stereocenters. The van der Waals surface area contributed by atoms with Crippen molar-refractivity contribution in [3.8, 4) is 11.5 Å². The zero-order chi connectivity index (χ0) is 21.9. The summed E-state index contributed by atoms with van der Waals surface area (Å²) in [5.74, 6) is 0.0380. The van der Waals surface area contributed by atoms with Crippen molar-refractivity contribution < 1.29 is 17.5 Å². The Balaban J connectivity index is 1.89. The van der Waals surface area contributed by atoms with Crippen LogP contribution in [0.25, 0.3) is 0 Å². The molecule has 7 nitrogen and oxygen atoms in total. The molecule has 2 N–H and O–H groups in total. The number of anilines is 1. The highest BCUT2D eigenvalue weighted by atomic mass is 35.5. The second-order valence-electron chi connectivity index (χ2n) is 6.55. The molecule has 1 aromatic carbocycles. The number of ether oxygens (including phenoxy) is 1. The Labute approximate surface area is 179 Å². The van der Waals surface area contributed by atoms with Crippen LogP contribution in [0.15, 0.2) is 42.9 Å². The molecule has 0 aliphatic rings. The maximum absolute atomic E-state index is 14.8.